The minimum Gasteiger partial charge on any atom is -0.347 e. The van der Waals surface area contributed by atoms with Crippen molar-refractivity contribution in [1.29, 1.82) is 0 Å². The van der Waals surface area contributed by atoms with E-state index in [0.717, 1.165) is 30.4 Å². The Hall–Kier alpha value is -3.19. The van der Waals surface area contributed by atoms with Gasteiger partial charge in [-0.1, -0.05) is 84.0 Å². The zero-order chi connectivity index (χ0) is 30.8. The van der Waals surface area contributed by atoms with Crippen molar-refractivity contribution in [2.75, 3.05) is 7.05 Å². The van der Waals surface area contributed by atoms with Crippen molar-refractivity contribution in [3.8, 4) is 0 Å². The lowest BCUT2D eigenvalue weighted by Crippen LogP contribution is -2.62. The molecule has 1 aliphatic heterocycles. The first-order chi connectivity index (χ1) is 19.8. The van der Waals surface area contributed by atoms with Crippen molar-refractivity contribution in [2.24, 2.45) is 11.3 Å². The summed E-state index contributed by atoms with van der Waals surface area (Å²) in [6, 6.07) is 12.8. The van der Waals surface area contributed by atoms with E-state index in [1.165, 1.54) is 16.7 Å². The van der Waals surface area contributed by atoms with Crippen molar-refractivity contribution in [3.05, 3.63) is 70.3 Å². The van der Waals surface area contributed by atoms with Crippen LogP contribution in [0.4, 0.5) is 0 Å². The molecule has 3 amide bonds. The number of amides is 3. The highest BCUT2D eigenvalue weighted by Gasteiger charge is 2.43. The van der Waals surface area contributed by atoms with Crippen LogP contribution in [0, 0.1) is 11.3 Å². The van der Waals surface area contributed by atoms with Gasteiger partial charge in [0.05, 0.1) is 12.1 Å². The first-order valence-electron chi connectivity index (χ1n) is 15.6. The number of aryl methyl sites for hydroxylation is 1. The molecule has 7 heteroatoms. The van der Waals surface area contributed by atoms with E-state index in [4.69, 9.17) is 0 Å². The third-order valence-electron chi connectivity index (χ3n) is 9.38. The third kappa shape index (κ3) is 6.88. The fourth-order valence-corrected chi connectivity index (χ4v) is 6.12. The van der Waals surface area contributed by atoms with Crippen LogP contribution in [0.15, 0.2) is 42.5 Å². The van der Waals surface area contributed by atoms with Crippen LogP contribution in [-0.2, 0) is 33.8 Å². The molecule has 0 saturated carbocycles. The van der Waals surface area contributed by atoms with Gasteiger partial charge < -0.3 is 20.9 Å². The Labute approximate surface area is 252 Å². The second-order valence-electron chi connectivity index (χ2n) is 13.7. The number of fused-ring (bicyclic) bond motifs is 2. The summed E-state index contributed by atoms with van der Waals surface area (Å²) in [5.74, 6) is 0.248. The van der Waals surface area contributed by atoms with E-state index >= 15 is 0 Å². The molecule has 1 aliphatic carbocycles. The van der Waals surface area contributed by atoms with Gasteiger partial charge in [-0.25, -0.2) is 0 Å². The standard InChI is InChI=1S/C35H50N4O3/c1-21(2)22(3)25-16-17-26-19-30(33(41)37-29-15-11-13-24-12-9-10-14-28(24)29)39(20-27(26)18-25)34(42)31(35(5,6)7)38-32(40)23(4)36-8/h9-10,12,14,16-18,21-23,29-31,36H,11,13,15,19-20H2,1-8H3,(H,37,41)(H,38,40)/t22?,23-,29+,30-,31+/m0/s1. The molecule has 228 valence electrons. The molecule has 0 aromatic heterocycles. The van der Waals surface area contributed by atoms with E-state index in [2.05, 4.69) is 67.1 Å². The van der Waals surface area contributed by atoms with Crippen molar-refractivity contribution in [1.82, 2.24) is 20.9 Å². The highest BCUT2D eigenvalue weighted by molar-refractivity contribution is 5.94. The molecule has 0 bridgehead atoms. The Morgan fingerprint density at radius 1 is 0.952 bits per heavy atom. The number of hydrogen-bond donors (Lipinski definition) is 3. The fourth-order valence-electron chi connectivity index (χ4n) is 6.12. The van der Waals surface area contributed by atoms with Crippen LogP contribution in [0.5, 0.6) is 0 Å². The zero-order valence-electron chi connectivity index (χ0n) is 26.7. The number of nitrogens with zero attached hydrogens (tertiary/aromatic N) is 1. The molecule has 4 rings (SSSR count). The lowest BCUT2D eigenvalue weighted by atomic mass is 9.82. The van der Waals surface area contributed by atoms with Crippen LogP contribution < -0.4 is 16.0 Å². The average Bonchev–Trinajstić information content (AvgIpc) is 2.97. The quantitative estimate of drug-likeness (QED) is 0.413. The predicted octanol–water partition coefficient (Wildman–Crippen LogP) is 5.03. The van der Waals surface area contributed by atoms with E-state index in [1.807, 2.05) is 32.9 Å². The highest BCUT2D eigenvalue weighted by atomic mass is 16.2. The average molecular weight is 575 g/mol. The van der Waals surface area contributed by atoms with Gasteiger partial charge in [0.1, 0.15) is 12.1 Å². The minimum atomic E-state index is -0.786. The number of rotatable bonds is 8. The Bertz CT molecular complexity index is 1300. The van der Waals surface area contributed by atoms with Gasteiger partial charge >= 0.3 is 0 Å². The first-order valence-corrected chi connectivity index (χ1v) is 15.6. The molecule has 7 nitrogen and oxygen atoms in total. The fraction of sp³-hybridized carbons (Fsp3) is 0.571. The summed E-state index contributed by atoms with van der Waals surface area (Å²) in [6.07, 6.45) is 3.34. The molecule has 5 atom stereocenters. The van der Waals surface area contributed by atoms with Crippen LogP contribution >= 0.6 is 0 Å². The van der Waals surface area contributed by atoms with E-state index in [-0.39, 0.29) is 23.8 Å². The maximum atomic E-state index is 14.4. The molecule has 2 aliphatic rings. The molecule has 2 aromatic carbocycles. The summed E-state index contributed by atoms with van der Waals surface area (Å²) in [5.41, 5.74) is 5.29. The maximum Gasteiger partial charge on any atom is 0.246 e. The van der Waals surface area contributed by atoms with Crippen molar-refractivity contribution >= 4 is 17.7 Å². The molecular weight excluding hydrogens is 524 g/mol. The van der Waals surface area contributed by atoms with E-state index in [9.17, 15) is 14.4 Å². The van der Waals surface area contributed by atoms with Gasteiger partial charge in [-0.05, 0) is 78.3 Å². The van der Waals surface area contributed by atoms with Gasteiger partial charge in [0.15, 0.2) is 0 Å². The van der Waals surface area contributed by atoms with Gasteiger partial charge in [0, 0.05) is 13.0 Å². The number of benzene rings is 2. The second kappa shape index (κ2) is 13.0. The number of carbonyl (C=O) groups excluding carboxylic acids is 3. The number of nitrogens with one attached hydrogen (secondary N) is 3. The number of hydrogen-bond acceptors (Lipinski definition) is 4. The lowest BCUT2D eigenvalue weighted by molar-refractivity contribution is -0.147. The van der Waals surface area contributed by atoms with Gasteiger partial charge in [-0.3, -0.25) is 14.4 Å². The van der Waals surface area contributed by atoms with Crippen LogP contribution in [-0.4, -0.2) is 47.8 Å². The molecule has 2 aromatic rings. The summed E-state index contributed by atoms with van der Waals surface area (Å²) in [6.45, 7) is 14.6. The molecule has 42 heavy (non-hydrogen) atoms. The number of likely N-dealkylation sites (N-methyl/N-ethyl adjacent to an activating group) is 1. The smallest absolute Gasteiger partial charge is 0.246 e. The molecule has 3 N–H and O–H groups in total. The molecule has 0 spiro atoms. The molecule has 0 saturated heterocycles. The second-order valence-corrected chi connectivity index (χ2v) is 13.7. The van der Waals surface area contributed by atoms with Gasteiger partial charge in [0.2, 0.25) is 17.7 Å². The van der Waals surface area contributed by atoms with Crippen LogP contribution in [0.25, 0.3) is 0 Å². The summed E-state index contributed by atoms with van der Waals surface area (Å²) in [5, 5.41) is 9.28. The summed E-state index contributed by atoms with van der Waals surface area (Å²) in [7, 11) is 1.72. The topological polar surface area (TPSA) is 90.5 Å². The molecule has 1 unspecified atom stereocenters. The summed E-state index contributed by atoms with van der Waals surface area (Å²) >= 11 is 0. The van der Waals surface area contributed by atoms with E-state index < -0.39 is 23.5 Å². The molecule has 0 radical (unpaired) electrons. The monoisotopic (exact) mass is 574 g/mol. The van der Waals surface area contributed by atoms with E-state index in [1.54, 1.807) is 18.9 Å². The lowest BCUT2D eigenvalue weighted by Gasteiger charge is -2.42. The minimum absolute atomic E-state index is 0.0790. The third-order valence-corrected chi connectivity index (χ3v) is 9.38. The van der Waals surface area contributed by atoms with Crippen molar-refractivity contribution < 1.29 is 14.4 Å². The first kappa shape index (κ1) is 31.7. The maximum absolute atomic E-state index is 14.4. The molecule has 1 heterocycles. The molecular formula is C35H50N4O3. The normalized spacial score (nSPS) is 20.6. The number of carbonyl (C=O) groups is 3. The Morgan fingerprint density at radius 2 is 1.67 bits per heavy atom. The Morgan fingerprint density at radius 3 is 2.33 bits per heavy atom. The Kier molecular flexibility index (Phi) is 9.81. The van der Waals surface area contributed by atoms with Crippen LogP contribution in [0.1, 0.15) is 101 Å². The Balaban J connectivity index is 1.69. The summed E-state index contributed by atoms with van der Waals surface area (Å²) in [4.78, 5) is 43.2. The predicted molar refractivity (Wildman–Crippen MR) is 168 cm³/mol. The largest absolute Gasteiger partial charge is 0.347 e. The van der Waals surface area contributed by atoms with Gasteiger partial charge in [-0.15, -0.1) is 0 Å². The summed E-state index contributed by atoms with van der Waals surface area (Å²) < 4.78 is 0. The van der Waals surface area contributed by atoms with E-state index in [0.29, 0.717) is 24.8 Å². The van der Waals surface area contributed by atoms with Gasteiger partial charge in [0.25, 0.3) is 0 Å². The highest BCUT2D eigenvalue weighted by Crippen LogP contribution is 2.34. The van der Waals surface area contributed by atoms with Crippen molar-refractivity contribution in [3.63, 3.8) is 0 Å². The zero-order valence-corrected chi connectivity index (χ0v) is 26.7. The van der Waals surface area contributed by atoms with Crippen molar-refractivity contribution in [2.45, 2.75) is 111 Å². The SMILES string of the molecule is CN[C@@H](C)C(=O)N[C@H](C(=O)N1Cc2cc(C(C)C(C)C)ccc2C[C@H]1C(=O)N[C@@H]1CCCc2ccccc21)C(C)(C)C. The van der Waals surface area contributed by atoms with Gasteiger partial charge in [-0.2, -0.15) is 0 Å². The van der Waals surface area contributed by atoms with Crippen LogP contribution in [0.2, 0.25) is 0 Å². The van der Waals surface area contributed by atoms with Crippen LogP contribution in [0.3, 0.4) is 0 Å². The molecule has 0 fully saturated rings.